The van der Waals surface area contributed by atoms with E-state index in [1.807, 2.05) is 31.2 Å². The van der Waals surface area contributed by atoms with Gasteiger partial charge in [0.1, 0.15) is 0 Å². The molecule has 2 aromatic rings. The summed E-state index contributed by atoms with van der Waals surface area (Å²) >= 11 is 5.70. The minimum atomic E-state index is -0.274. The van der Waals surface area contributed by atoms with Gasteiger partial charge >= 0.3 is 0 Å². The number of carbonyl (C=O) groups excluding carboxylic acids is 1. The Labute approximate surface area is 98.0 Å². The first-order valence-electron chi connectivity index (χ1n) is 4.78. The number of hydrogen-bond acceptors (Lipinski definition) is 2. The Morgan fingerprint density at radius 1 is 1.38 bits per heavy atom. The lowest BCUT2D eigenvalue weighted by Gasteiger charge is -2.04. The van der Waals surface area contributed by atoms with E-state index in [1.165, 1.54) is 12.3 Å². The summed E-state index contributed by atoms with van der Waals surface area (Å²) < 4.78 is 4.85. The number of nitrogens with one attached hydrogen (secondary N) is 1. The van der Waals surface area contributed by atoms with Gasteiger partial charge in [-0.05, 0) is 42.3 Å². The first-order valence-corrected chi connectivity index (χ1v) is 5.15. The second-order valence-corrected chi connectivity index (χ2v) is 3.77. The fourth-order valence-corrected chi connectivity index (χ4v) is 1.58. The summed E-state index contributed by atoms with van der Waals surface area (Å²) in [5.41, 5.74) is 2.15. The molecular formula is C12H10ClNO2. The molecule has 4 heteroatoms. The third-order valence-electron chi connectivity index (χ3n) is 2.14. The average molecular weight is 236 g/mol. The van der Waals surface area contributed by atoms with Gasteiger partial charge in [-0.15, -0.1) is 0 Å². The van der Waals surface area contributed by atoms with Crippen LogP contribution in [-0.2, 0) is 0 Å². The Hall–Kier alpha value is -1.74. The number of hydrogen-bond donors (Lipinski definition) is 1. The summed E-state index contributed by atoms with van der Waals surface area (Å²) in [5.74, 6) is -0.274. The summed E-state index contributed by atoms with van der Waals surface area (Å²) in [6.07, 6.45) is 1.38. The van der Waals surface area contributed by atoms with Crippen LogP contribution < -0.4 is 5.32 Å². The molecule has 1 aromatic carbocycles. The molecule has 82 valence electrons. The molecule has 0 fully saturated rings. The van der Waals surface area contributed by atoms with Crippen LogP contribution in [0.3, 0.4) is 0 Å². The zero-order chi connectivity index (χ0) is 11.5. The molecule has 1 heterocycles. The molecule has 0 bridgehead atoms. The van der Waals surface area contributed by atoms with Crippen molar-refractivity contribution in [3.63, 3.8) is 0 Å². The highest BCUT2D eigenvalue weighted by atomic mass is 35.5. The number of carbonyl (C=O) groups is 1. The van der Waals surface area contributed by atoms with E-state index in [-0.39, 0.29) is 11.1 Å². The van der Waals surface area contributed by atoms with Crippen molar-refractivity contribution < 1.29 is 9.21 Å². The monoisotopic (exact) mass is 235 g/mol. The van der Waals surface area contributed by atoms with Crippen LogP contribution in [0.4, 0.5) is 5.69 Å². The van der Waals surface area contributed by atoms with Crippen LogP contribution >= 0.6 is 11.6 Å². The average Bonchev–Trinajstić information content (AvgIpc) is 2.64. The molecule has 0 atom stereocenters. The number of aryl methyl sites for hydroxylation is 1. The van der Waals surface area contributed by atoms with Gasteiger partial charge in [0, 0.05) is 5.69 Å². The van der Waals surface area contributed by atoms with E-state index in [9.17, 15) is 4.79 Å². The minimum absolute atomic E-state index is 0.102. The molecule has 0 saturated heterocycles. The summed E-state index contributed by atoms with van der Waals surface area (Å²) in [4.78, 5) is 11.8. The zero-order valence-corrected chi connectivity index (χ0v) is 9.41. The fraction of sp³-hybridized carbons (Fsp3) is 0.0833. The summed E-state index contributed by atoms with van der Waals surface area (Å²) in [6.45, 7) is 1.96. The molecule has 1 amide bonds. The highest BCUT2D eigenvalue weighted by molar-refractivity contribution is 6.32. The summed E-state index contributed by atoms with van der Waals surface area (Å²) in [7, 11) is 0. The molecule has 0 unspecified atom stereocenters. The number of amides is 1. The number of rotatable bonds is 2. The maximum absolute atomic E-state index is 11.8. The molecular weight excluding hydrogens is 226 g/mol. The first-order chi connectivity index (χ1) is 7.66. The van der Waals surface area contributed by atoms with E-state index in [1.54, 1.807) is 0 Å². The van der Waals surface area contributed by atoms with E-state index in [4.69, 9.17) is 16.0 Å². The maximum atomic E-state index is 11.8. The van der Waals surface area contributed by atoms with Crippen LogP contribution in [0.15, 0.2) is 41.0 Å². The highest BCUT2D eigenvalue weighted by Crippen LogP contribution is 2.18. The third kappa shape index (κ3) is 2.25. The van der Waals surface area contributed by atoms with Crippen molar-refractivity contribution in [3.05, 3.63) is 52.9 Å². The second-order valence-electron chi connectivity index (χ2n) is 3.43. The fourth-order valence-electron chi connectivity index (χ4n) is 1.38. The lowest BCUT2D eigenvalue weighted by molar-refractivity contribution is 0.102. The van der Waals surface area contributed by atoms with Gasteiger partial charge in [-0.25, -0.2) is 0 Å². The van der Waals surface area contributed by atoms with Crippen LogP contribution in [-0.4, -0.2) is 5.91 Å². The van der Waals surface area contributed by atoms with Crippen molar-refractivity contribution in [2.75, 3.05) is 5.32 Å². The van der Waals surface area contributed by atoms with E-state index >= 15 is 0 Å². The van der Waals surface area contributed by atoms with E-state index < -0.39 is 0 Å². The van der Waals surface area contributed by atoms with Gasteiger partial charge in [-0.3, -0.25) is 4.79 Å². The van der Waals surface area contributed by atoms with Crippen molar-refractivity contribution in [1.29, 1.82) is 0 Å². The summed E-state index contributed by atoms with van der Waals surface area (Å²) in [6, 6.07) is 9.07. The SMILES string of the molecule is Cc1cccc(NC(=O)c2ccoc2Cl)c1. The van der Waals surface area contributed by atoms with Crippen LogP contribution in [0, 0.1) is 6.92 Å². The molecule has 0 spiro atoms. The molecule has 0 aliphatic carbocycles. The van der Waals surface area contributed by atoms with Crippen molar-refractivity contribution in [2.45, 2.75) is 6.92 Å². The quantitative estimate of drug-likeness (QED) is 0.866. The van der Waals surface area contributed by atoms with Crippen LogP contribution in [0.5, 0.6) is 0 Å². The molecule has 3 nitrogen and oxygen atoms in total. The number of anilines is 1. The molecule has 2 rings (SSSR count). The molecule has 1 N–H and O–H groups in total. The number of halogens is 1. The van der Waals surface area contributed by atoms with Gasteiger partial charge in [-0.2, -0.15) is 0 Å². The Bertz CT molecular complexity index is 519. The van der Waals surface area contributed by atoms with E-state index in [0.717, 1.165) is 11.3 Å². The Morgan fingerprint density at radius 2 is 2.19 bits per heavy atom. The molecule has 16 heavy (non-hydrogen) atoms. The molecule has 0 radical (unpaired) electrons. The van der Waals surface area contributed by atoms with Crippen molar-refractivity contribution in [1.82, 2.24) is 0 Å². The number of benzene rings is 1. The molecule has 0 saturated carbocycles. The van der Waals surface area contributed by atoms with Gasteiger partial charge in [0.05, 0.1) is 11.8 Å². The second kappa shape index (κ2) is 4.41. The van der Waals surface area contributed by atoms with E-state index in [2.05, 4.69) is 5.32 Å². The van der Waals surface area contributed by atoms with Crippen LogP contribution in [0.2, 0.25) is 5.22 Å². The first kappa shape index (κ1) is 10.8. The summed E-state index contributed by atoms with van der Waals surface area (Å²) in [5, 5.41) is 2.84. The number of furan rings is 1. The van der Waals surface area contributed by atoms with Crippen molar-refractivity contribution >= 4 is 23.2 Å². The van der Waals surface area contributed by atoms with Gasteiger partial charge in [-0.1, -0.05) is 12.1 Å². The lowest BCUT2D eigenvalue weighted by atomic mass is 10.2. The van der Waals surface area contributed by atoms with Crippen LogP contribution in [0.1, 0.15) is 15.9 Å². The zero-order valence-electron chi connectivity index (χ0n) is 8.66. The molecule has 0 aliphatic heterocycles. The topological polar surface area (TPSA) is 42.2 Å². The van der Waals surface area contributed by atoms with Crippen molar-refractivity contribution in [3.8, 4) is 0 Å². The predicted molar refractivity (Wildman–Crippen MR) is 62.9 cm³/mol. The third-order valence-corrected chi connectivity index (χ3v) is 2.43. The Kier molecular flexibility index (Phi) is 2.97. The maximum Gasteiger partial charge on any atom is 0.260 e. The normalized spacial score (nSPS) is 10.1. The molecule has 1 aromatic heterocycles. The van der Waals surface area contributed by atoms with Crippen molar-refractivity contribution in [2.24, 2.45) is 0 Å². The highest BCUT2D eigenvalue weighted by Gasteiger charge is 2.12. The lowest BCUT2D eigenvalue weighted by Crippen LogP contribution is -2.11. The van der Waals surface area contributed by atoms with Gasteiger partial charge < -0.3 is 9.73 Å². The Balaban J connectivity index is 2.17. The van der Waals surface area contributed by atoms with Gasteiger partial charge in [0.2, 0.25) is 5.22 Å². The standard InChI is InChI=1S/C12H10ClNO2/c1-8-3-2-4-9(7-8)14-12(15)10-5-6-16-11(10)13/h2-7H,1H3,(H,14,15). The largest absolute Gasteiger partial charge is 0.452 e. The van der Waals surface area contributed by atoms with Gasteiger partial charge in [0.25, 0.3) is 5.91 Å². The minimum Gasteiger partial charge on any atom is -0.452 e. The predicted octanol–water partition coefficient (Wildman–Crippen LogP) is 3.49. The molecule has 0 aliphatic rings. The van der Waals surface area contributed by atoms with E-state index in [0.29, 0.717) is 5.56 Å². The Morgan fingerprint density at radius 3 is 2.81 bits per heavy atom. The van der Waals surface area contributed by atoms with Gasteiger partial charge in [0.15, 0.2) is 0 Å². The smallest absolute Gasteiger partial charge is 0.260 e. The van der Waals surface area contributed by atoms with Crippen LogP contribution in [0.25, 0.3) is 0 Å².